The fourth-order valence-corrected chi connectivity index (χ4v) is 3.47. The molecule has 3 rings (SSSR count). The van der Waals surface area contributed by atoms with Gasteiger partial charge in [0, 0.05) is 23.5 Å². The van der Waals surface area contributed by atoms with Crippen molar-refractivity contribution in [3.63, 3.8) is 0 Å². The standard InChI is InChI=1S/C18H24N2O2.ClH/c21-18(22)17(19-11-13-6-2-1-3-7-13)10-14-12-20-16-9-5-4-8-15(14)16;/h4-5,8-9,12-13,17,19-20H,1-3,6-7,10-11H2,(H,21,22);1H. The smallest absolute Gasteiger partial charge is 0.321 e. The van der Waals surface area contributed by atoms with Gasteiger partial charge in [0.1, 0.15) is 6.04 Å². The van der Waals surface area contributed by atoms with Crippen molar-refractivity contribution in [2.45, 2.75) is 44.6 Å². The minimum Gasteiger partial charge on any atom is -0.480 e. The number of carboxylic acids is 1. The number of hydrogen-bond donors (Lipinski definition) is 3. The number of aliphatic carboxylic acids is 1. The molecule has 0 spiro atoms. The van der Waals surface area contributed by atoms with Gasteiger partial charge in [-0.1, -0.05) is 37.5 Å². The molecule has 1 atom stereocenters. The number of aromatic nitrogens is 1. The number of fused-ring (bicyclic) bond motifs is 1. The predicted octanol–water partition coefficient (Wildman–Crippen LogP) is 3.76. The van der Waals surface area contributed by atoms with E-state index >= 15 is 0 Å². The fourth-order valence-electron chi connectivity index (χ4n) is 3.47. The summed E-state index contributed by atoms with van der Waals surface area (Å²) < 4.78 is 0. The molecule has 1 aliphatic rings. The third-order valence-corrected chi connectivity index (χ3v) is 4.77. The molecular weight excluding hydrogens is 312 g/mol. The van der Waals surface area contributed by atoms with Crippen LogP contribution in [-0.4, -0.2) is 28.6 Å². The van der Waals surface area contributed by atoms with Crippen LogP contribution in [0, 0.1) is 5.92 Å². The second-order valence-corrected chi connectivity index (χ2v) is 6.37. The molecule has 4 nitrogen and oxygen atoms in total. The van der Waals surface area contributed by atoms with Crippen molar-refractivity contribution in [1.82, 2.24) is 10.3 Å². The van der Waals surface area contributed by atoms with E-state index in [-0.39, 0.29) is 12.4 Å². The summed E-state index contributed by atoms with van der Waals surface area (Å²) in [6, 6.07) is 7.52. The van der Waals surface area contributed by atoms with Crippen molar-refractivity contribution < 1.29 is 9.90 Å². The van der Waals surface area contributed by atoms with Crippen LogP contribution in [0.1, 0.15) is 37.7 Å². The normalized spacial score (nSPS) is 16.9. The first kappa shape index (κ1) is 17.8. The van der Waals surface area contributed by atoms with Crippen LogP contribution < -0.4 is 5.32 Å². The number of halogens is 1. The Balaban J connectivity index is 0.00000192. The van der Waals surface area contributed by atoms with Crippen molar-refractivity contribution in [2.24, 2.45) is 5.92 Å². The predicted molar refractivity (Wildman–Crippen MR) is 95.3 cm³/mol. The van der Waals surface area contributed by atoms with Gasteiger partial charge in [-0.25, -0.2) is 0 Å². The maximum atomic E-state index is 11.6. The number of nitrogens with one attached hydrogen (secondary N) is 2. The molecule has 0 bridgehead atoms. The summed E-state index contributed by atoms with van der Waals surface area (Å²) in [7, 11) is 0. The molecule has 1 fully saturated rings. The average molecular weight is 337 g/mol. The second-order valence-electron chi connectivity index (χ2n) is 6.37. The first-order valence-electron chi connectivity index (χ1n) is 8.25. The zero-order chi connectivity index (χ0) is 15.4. The minimum atomic E-state index is -0.763. The molecule has 0 radical (unpaired) electrons. The monoisotopic (exact) mass is 336 g/mol. The Bertz CT molecular complexity index is 635. The summed E-state index contributed by atoms with van der Waals surface area (Å²) in [5.41, 5.74) is 2.13. The summed E-state index contributed by atoms with van der Waals surface area (Å²) >= 11 is 0. The maximum Gasteiger partial charge on any atom is 0.321 e. The van der Waals surface area contributed by atoms with Crippen LogP contribution >= 0.6 is 12.4 Å². The van der Waals surface area contributed by atoms with Crippen molar-refractivity contribution >= 4 is 29.3 Å². The number of carbonyl (C=O) groups is 1. The highest BCUT2D eigenvalue weighted by Gasteiger charge is 2.21. The maximum absolute atomic E-state index is 11.6. The molecule has 126 valence electrons. The summed E-state index contributed by atoms with van der Waals surface area (Å²) in [5, 5.41) is 13.9. The zero-order valence-corrected chi connectivity index (χ0v) is 14.1. The van der Waals surface area contributed by atoms with Gasteiger partial charge in [-0.3, -0.25) is 4.79 Å². The molecule has 2 aromatic rings. The molecule has 1 aliphatic carbocycles. The highest BCUT2D eigenvalue weighted by atomic mass is 35.5. The molecule has 1 saturated carbocycles. The topological polar surface area (TPSA) is 65.1 Å². The lowest BCUT2D eigenvalue weighted by Gasteiger charge is -2.24. The number of rotatable bonds is 6. The number of hydrogen-bond acceptors (Lipinski definition) is 2. The highest BCUT2D eigenvalue weighted by molar-refractivity contribution is 5.85. The fraction of sp³-hybridized carbons (Fsp3) is 0.500. The summed E-state index contributed by atoms with van der Waals surface area (Å²) in [4.78, 5) is 14.8. The van der Waals surface area contributed by atoms with E-state index < -0.39 is 12.0 Å². The molecule has 1 aromatic heterocycles. The Kier molecular flexibility index (Phi) is 6.48. The van der Waals surface area contributed by atoms with E-state index in [1.807, 2.05) is 30.5 Å². The van der Waals surface area contributed by atoms with Crippen molar-refractivity contribution in [3.05, 3.63) is 36.0 Å². The number of para-hydroxylation sites is 1. The van der Waals surface area contributed by atoms with Gasteiger partial charge >= 0.3 is 5.97 Å². The molecule has 1 heterocycles. The molecule has 23 heavy (non-hydrogen) atoms. The molecule has 3 N–H and O–H groups in total. The van der Waals surface area contributed by atoms with Gasteiger partial charge in [0.2, 0.25) is 0 Å². The Morgan fingerprint density at radius 2 is 2.00 bits per heavy atom. The van der Waals surface area contributed by atoms with Crippen LogP contribution in [0.4, 0.5) is 0 Å². The van der Waals surface area contributed by atoms with E-state index in [4.69, 9.17) is 0 Å². The van der Waals surface area contributed by atoms with Crippen LogP contribution in [0.2, 0.25) is 0 Å². The second kappa shape index (κ2) is 8.37. The molecule has 0 saturated heterocycles. The van der Waals surface area contributed by atoms with E-state index in [2.05, 4.69) is 10.3 Å². The van der Waals surface area contributed by atoms with Crippen molar-refractivity contribution in [3.8, 4) is 0 Å². The van der Waals surface area contributed by atoms with Crippen LogP contribution in [0.5, 0.6) is 0 Å². The van der Waals surface area contributed by atoms with Gasteiger partial charge in [0.05, 0.1) is 0 Å². The SMILES string of the molecule is Cl.O=C(O)C(Cc1c[nH]c2ccccc12)NCC1CCCCC1. The number of benzene rings is 1. The Labute approximate surface area is 143 Å². The lowest BCUT2D eigenvalue weighted by Crippen LogP contribution is -2.41. The molecule has 5 heteroatoms. The van der Waals surface area contributed by atoms with Crippen LogP contribution in [0.3, 0.4) is 0 Å². The van der Waals surface area contributed by atoms with E-state index in [0.717, 1.165) is 23.0 Å². The molecule has 0 amide bonds. The Morgan fingerprint density at radius 3 is 2.74 bits per heavy atom. The number of carboxylic acid groups (broad SMARTS) is 1. The van der Waals surface area contributed by atoms with Gasteiger partial charge in [0.15, 0.2) is 0 Å². The van der Waals surface area contributed by atoms with Crippen molar-refractivity contribution in [1.29, 1.82) is 0 Å². The summed E-state index contributed by atoms with van der Waals surface area (Å²) in [6.07, 6.45) is 8.81. The highest BCUT2D eigenvalue weighted by Crippen LogP contribution is 2.23. The first-order valence-corrected chi connectivity index (χ1v) is 8.25. The molecule has 1 unspecified atom stereocenters. The van der Waals surface area contributed by atoms with Gasteiger partial charge in [-0.15, -0.1) is 12.4 Å². The molecule has 0 aliphatic heterocycles. The largest absolute Gasteiger partial charge is 0.480 e. The van der Waals surface area contributed by atoms with Gasteiger partial charge in [0.25, 0.3) is 0 Å². The van der Waals surface area contributed by atoms with Gasteiger partial charge < -0.3 is 15.4 Å². The quantitative estimate of drug-likeness (QED) is 0.752. The molecular formula is C18H25ClN2O2. The lowest BCUT2D eigenvalue weighted by atomic mass is 9.89. The van der Waals surface area contributed by atoms with E-state index in [1.54, 1.807) is 0 Å². The lowest BCUT2D eigenvalue weighted by molar-refractivity contribution is -0.139. The van der Waals surface area contributed by atoms with Crippen molar-refractivity contribution in [2.75, 3.05) is 6.54 Å². The number of aromatic amines is 1. The number of H-pyrrole nitrogens is 1. The summed E-state index contributed by atoms with van der Waals surface area (Å²) in [6.45, 7) is 0.819. The zero-order valence-electron chi connectivity index (χ0n) is 13.3. The minimum absolute atomic E-state index is 0. The third kappa shape index (κ3) is 4.49. The summed E-state index contributed by atoms with van der Waals surface area (Å²) in [5.74, 6) is -0.125. The Hall–Kier alpha value is -1.52. The van der Waals surface area contributed by atoms with E-state index in [9.17, 15) is 9.90 Å². The first-order chi connectivity index (χ1) is 10.7. The average Bonchev–Trinajstić information content (AvgIpc) is 2.95. The van der Waals surface area contributed by atoms with Crippen LogP contribution in [0.25, 0.3) is 10.9 Å². The van der Waals surface area contributed by atoms with Gasteiger partial charge in [-0.2, -0.15) is 0 Å². The third-order valence-electron chi connectivity index (χ3n) is 4.77. The van der Waals surface area contributed by atoms with Crippen LogP contribution in [-0.2, 0) is 11.2 Å². The molecule has 1 aromatic carbocycles. The van der Waals surface area contributed by atoms with E-state index in [0.29, 0.717) is 12.3 Å². The van der Waals surface area contributed by atoms with Gasteiger partial charge in [-0.05, 0) is 36.9 Å². The Morgan fingerprint density at radius 1 is 1.26 bits per heavy atom. The van der Waals surface area contributed by atoms with E-state index in [1.165, 1.54) is 32.1 Å². The van der Waals surface area contributed by atoms with Crippen LogP contribution in [0.15, 0.2) is 30.5 Å².